The van der Waals surface area contributed by atoms with Gasteiger partial charge >= 0.3 is 0 Å². The first-order chi connectivity index (χ1) is 19.7. The Balaban J connectivity index is 1.17. The number of para-hydroxylation sites is 1. The van der Waals surface area contributed by atoms with E-state index >= 15 is 0 Å². The van der Waals surface area contributed by atoms with Crippen molar-refractivity contribution in [3.05, 3.63) is 78.6 Å². The SMILES string of the molecule is COc1cc(Nc2ncnc(Nc3ccc(Oc4ccccc4)cc3)n2)cc([OH2+])c1COCCN1CCOCC1. The molecule has 0 unspecified atom stereocenters. The molecule has 11 heteroatoms. The Hall–Kier alpha value is -4.45. The van der Waals surface area contributed by atoms with E-state index in [1.54, 1.807) is 19.2 Å². The number of benzene rings is 3. The molecule has 1 aromatic heterocycles. The lowest BCUT2D eigenvalue weighted by molar-refractivity contribution is 0.0177. The minimum Gasteiger partial charge on any atom is -0.593 e. The Morgan fingerprint density at radius 1 is 0.900 bits per heavy atom. The van der Waals surface area contributed by atoms with Gasteiger partial charge in [0.1, 0.15) is 29.1 Å². The summed E-state index contributed by atoms with van der Waals surface area (Å²) in [5.41, 5.74) is 2.11. The molecular formula is C29H33N6O5+. The molecule has 1 saturated heterocycles. The Morgan fingerprint density at radius 2 is 1.60 bits per heavy atom. The Kier molecular flexibility index (Phi) is 9.20. The molecule has 1 aliphatic heterocycles. The fourth-order valence-electron chi connectivity index (χ4n) is 4.15. The second kappa shape index (κ2) is 13.6. The average Bonchev–Trinajstić information content (AvgIpc) is 2.98. The van der Waals surface area contributed by atoms with E-state index in [9.17, 15) is 0 Å². The van der Waals surface area contributed by atoms with E-state index in [4.69, 9.17) is 24.1 Å². The Bertz CT molecular complexity index is 1370. The lowest BCUT2D eigenvalue weighted by atomic mass is 10.1. The first kappa shape index (κ1) is 27.1. The third-order valence-electron chi connectivity index (χ3n) is 6.25. The number of rotatable bonds is 12. The van der Waals surface area contributed by atoms with Crippen molar-refractivity contribution in [1.82, 2.24) is 19.9 Å². The summed E-state index contributed by atoms with van der Waals surface area (Å²) < 4.78 is 22.6. The van der Waals surface area contributed by atoms with Crippen molar-refractivity contribution in [3.63, 3.8) is 0 Å². The van der Waals surface area contributed by atoms with Crippen LogP contribution in [0.2, 0.25) is 0 Å². The molecule has 5 rings (SSSR count). The molecule has 0 spiro atoms. The van der Waals surface area contributed by atoms with Gasteiger partial charge in [0.15, 0.2) is 0 Å². The van der Waals surface area contributed by atoms with Gasteiger partial charge in [-0.25, -0.2) is 9.97 Å². The molecule has 1 fully saturated rings. The van der Waals surface area contributed by atoms with Gasteiger partial charge in [-0.3, -0.25) is 4.90 Å². The van der Waals surface area contributed by atoms with Crippen molar-refractivity contribution in [2.24, 2.45) is 0 Å². The first-order valence-corrected chi connectivity index (χ1v) is 13.0. The molecule has 3 aromatic carbocycles. The summed E-state index contributed by atoms with van der Waals surface area (Å²) in [6, 6.07) is 20.6. The van der Waals surface area contributed by atoms with Crippen LogP contribution < -0.4 is 20.1 Å². The number of hydrogen-bond donors (Lipinski definition) is 2. The summed E-state index contributed by atoms with van der Waals surface area (Å²) in [6.07, 6.45) is 1.42. The maximum absolute atomic E-state index is 8.53. The molecule has 0 amide bonds. The Morgan fingerprint density at radius 3 is 2.33 bits per heavy atom. The molecule has 4 N–H and O–H groups in total. The quantitative estimate of drug-likeness (QED) is 0.195. The van der Waals surface area contributed by atoms with Crippen molar-refractivity contribution in [3.8, 4) is 23.0 Å². The van der Waals surface area contributed by atoms with Gasteiger partial charge in [0, 0.05) is 31.4 Å². The highest BCUT2D eigenvalue weighted by atomic mass is 16.5. The number of nitrogens with one attached hydrogen (secondary N) is 2. The topological polar surface area (TPSA) is 126 Å². The largest absolute Gasteiger partial charge is 0.593 e. The van der Waals surface area contributed by atoms with E-state index < -0.39 is 0 Å². The van der Waals surface area contributed by atoms with Crippen molar-refractivity contribution in [2.45, 2.75) is 6.61 Å². The molecule has 0 radical (unpaired) electrons. The number of methoxy groups -OCH3 is 1. The van der Waals surface area contributed by atoms with Crippen LogP contribution in [0.25, 0.3) is 0 Å². The number of hydrogen-bond acceptors (Lipinski definition) is 10. The van der Waals surface area contributed by atoms with Gasteiger partial charge in [0.2, 0.25) is 11.9 Å². The maximum atomic E-state index is 8.53. The van der Waals surface area contributed by atoms with Crippen LogP contribution in [-0.2, 0) is 16.1 Å². The van der Waals surface area contributed by atoms with Gasteiger partial charge in [-0.1, -0.05) is 18.2 Å². The lowest BCUT2D eigenvalue weighted by Crippen LogP contribution is -2.38. The zero-order valence-electron chi connectivity index (χ0n) is 22.3. The van der Waals surface area contributed by atoms with Crippen LogP contribution in [0.3, 0.4) is 0 Å². The van der Waals surface area contributed by atoms with E-state index in [2.05, 4.69) is 30.5 Å². The summed E-state index contributed by atoms with van der Waals surface area (Å²) in [6.45, 7) is 5.06. The summed E-state index contributed by atoms with van der Waals surface area (Å²) in [5.74, 6) is 3.06. The van der Waals surface area contributed by atoms with Crippen molar-refractivity contribution in [1.29, 1.82) is 0 Å². The second-order valence-corrected chi connectivity index (χ2v) is 9.03. The van der Waals surface area contributed by atoms with E-state index in [0.717, 1.165) is 50.0 Å². The Labute approximate surface area is 232 Å². The van der Waals surface area contributed by atoms with E-state index in [-0.39, 0.29) is 0 Å². The summed E-state index contributed by atoms with van der Waals surface area (Å²) >= 11 is 0. The van der Waals surface area contributed by atoms with Gasteiger partial charge in [-0.05, 0) is 36.4 Å². The zero-order valence-corrected chi connectivity index (χ0v) is 22.3. The van der Waals surface area contributed by atoms with Crippen LogP contribution in [0, 0.1) is 0 Å². The average molecular weight is 546 g/mol. The van der Waals surface area contributed by atoms with E-state index in [1.807, 2.05) is 54.6 Å². The highest BCUT2D eigenvalue weighted by molar-refractivity contribution is 5.63. The van der Waals surface area contributed by atoms with Crippen molar-refractivity contribution >= 4 is 23.3 Å². The molecule has 0 bridgehead atoms. The minimum atomic E-state index is 0.293. The summed E-state index contributed by atoms with van der Waals surface area (Å²) in [5, 5.41) is 14.8. The number of morpholine rings is 1. The van der Waals surface area contributed by atoms with Crippen LogP contribution in [0.1, 0.15) is 5.56 Å². The molecule has 0 saturated carbocycles. The van der Waals surface area contributed by atoms with Crippen molar-refractivity contribution < 1.29 is 24.1 Å². The number of anilines is 4. The predicted octanol–water partition coefficient (Wildman–Crippen LogP) is 4.45. The molecule has 4 aromatic rings. The van der Waals surface area contributed by atoms with E-state index in [1.165, 1.54) is 6.33 Å². The lowest BCUT2D eigenvalue weighted by Gasteiger charge is -2.26. The zero-order chi connectivity index (χ0) is 27.6. The predicted molar refractivity (Wildman–Crippen MR) is 152 cm³/mol. The summed E-state index contributed by atoms with van der Waals surface area (Å²) in [4.78, 5) is 15.2. The number of aromatic nitrogens is 3. The third-order valence-corrected chi connectivity index (χ3v) is 6.25. The molecular weight excluding hydrogens is 512 g/mol. The van der Waals surface area contributed by atoms with Gasteiger partial charge in [-0.2, -0.15) is 4.98 Å². The van der Waals surface area contributed by atoms with Crippen LogP contribution in [0.15, 0.2) is 73.1 Å². The second-order valence-electron chi connectivity index (χ2n) is 9.03. The molecule has 208 valence electrons. The molecule has 11 nitrogen and oxygen atoms in total. The van der Waals surface area contributed by atoms with Crippen LogP contribution in [0.4, 0.5) is 23.3 Å². The van der Waals surface area contributed by atoms with Crippen LogP contribution >= 0.6 is 0 Å². The third kappa shape index (κ3) is 7.56. The van der Waals surface area contributed by atoms with E-state index in [0.29, 0.717) is 47.9 Å². The first-order valence-electron chi connectivity index (χ1n) is 13.0. The van der Waals surface area contributed by atoms with Crippen LogP contribution in [0.5, 0.6) is 23.0 Å². The molecule has 2 heterocycles. The van der Waals surface area contributed by atoms with Gasteiger partial charge < -0.3 is 34.7 Å². The molecule has 40 heavy (non-hydrogen) atoms. The maximum Gasteiger partial charge on any atom is 0.265 e. The fraction of sp³-hybridized carbons (Fsp3) is 0.276. The molecule has 1 aliphatic rings. The molecule has 0 aliphatic carbocycles. The number of nitrogens with zero attached hydrogens (tertiary/aromatic N) is 4. The smallest absolute Gasteiger partial charge is 0.265 e. The fourth-order valence-corrected chi connectivity index (χ4v) is 4.15. The molecule has 0 atom stereocenters. The van der Waals surface area contributed by atoms with Gasteiger partial charge in [0.25, 0.3) is 5.75 Å². The van der Waals surface area contributed by atoms with Gasteiger partial charge in [-0.15, -0.1) is 0 Å². The van der Waals surface area contributed by atoms with Crippen LogP contribution in [-0.4, -0.2) is 71.5 Å². The summed E-state index contributed by atoms with van der Waals surface area (Å²) in [7, 11) is 1.58. The minimum absolute atomic E-state index is 0.293. The van der Waals surface area contributed by atoms with Gasteiger partial charge in [0.05, 0.1) is 45.3 Å². The number of ether oxygens (including phenoxy) is 4. The highest BCUT2D eigenvalue weighted by Crippen LogP contribution is 2.33. The highest BCUT2D eigenvalue weighted by Gasteiger charge is 2.17. The normalized spacial score (nSPS) is 13.5. The monoisotopic (exact) mass is 545 g/mol. The van der Waals surface area contributed by atoms with Crippen molar-refractivity contribution in [2.75, 3.05) is 57.2 Å². The standard InChI is InChI=1S/C29H32N6O5/c1-37-27-18-22(17-26(36)25(27)19-39-16-13-35-11-14-38-15-12-35)33-29-31-20-30-28(34-29)32-21-7-9-24(10-8-21)40-23-5-3-2-4-6-23/h2-10,17-18,20,36H,11-16,19H2,1H3,(H2,30,31,32,33,34)/p+1.